The Morgan fingerprint density at radius 1 is 0.971 bits per heavy atom. The summed E-state index contributed by atoms with van der Waals surface area (Å²) in [5.41, 5.74) is 14.0. The van der Waals surface area contributed by atoms with Gasteiger partial charge in [0.2, 0.25) is 16.0 Å². The second-order valence-electron chi connectivity index (χ2n) is 10.6. The average molecular weight is 505 g/mol. The zero-order valence-electron chi connectivity index (χ0n) is 20.8. The Kier molecular flexibility index (Phi) is 7.18. The smallest absolute Gasteiger partial charge is 0.224 e. The molecule has 0 unspecified atom stereocenters. The third kappa shape index (κ3) is 5.13. The number of nitrogens with two attached hydrogens (primary N) is 2. The van der Waals surface area contributed by atoms with Gasteiger partial charge in [-0.05, 0) is 57.8 Å². The van der Waals surface area contributed by atoms with Gasteiger partial charge in [-0.25, -0.2) is 17.7 Å². The van der Waals surface area contributed by atoms with Gasteiger partial charge in [0.25, 0.3) is 0 Å². The first-order valence-electron chi connectivity index (χ1n) is 13.4. The fraction of sp³-hybridized carbons (Fsp3) is 0.792. The Hall–Kier alpha value is -1.98. The highest BCUT2D eigenvalue weighted by Gasteiger charge is 2.32. The number of fused-ring (bicyclic) bond motifs is 1. The number of sulfonamides is 1. The van der Waals surface area contributed by atoms with Gasteiger partial charge >= 0.3 is 0 Å². The molecule has 5 N–H and O–H groups in total. The van der Waals surface area contributed by atoms with E-state index in [1.165, 1.54) is 12.8 Å². The first-order chi connectivity index (χ1) is 16.9. The second-order valence-corrected chi connectivity index (χ2v) is 12.7. The maximum absolute atomic E-state index is 12.5. The maximum atomic E-state index is 12.5. The number of aromatic nitrogens is 4. The van der Waals surface area contributed by atoms with Crippen LogP contribution in [0.2, 0.25) is 0 Å². The third-order valence-corrected chi connectivity index (χ3v) is 10.1. The van der Waals surface area contributed by atoms with Gasteiger partial charge in [0, 0.05) is 37.1 Å². The lowest BCUT2D eigenvalue weighted by Crippen LogP contribution is -2.43. The van der Waals surface area contributed by atoms with Crippen molar-refractivity contribution in [3.8, 4) is 0 Å². The van der Waals surface area contributed by atoms with E-state index < -0.39 is 10.0 Å². The first-order valence-corrected chi connectivity index (χ1v) is 15.0. The molecular weight excluding hydrogens is 464 g/mol. The quantitative estimate of drug-likeness (QED) is 0.521. The van der Waals surface area contributed by atoms with Crippen LogP contribution in [0, 0.1) is 0 Å². The summed E-state index contributed by atoms with van der Waals surface area (Å²) in [6, 6.07) is 0.809. The van der Waals surface area contributed by atoms with E-state index in [2.05, 4.69) is 19.9 Å². The van der Waals surface area contributed by atoms with Gasteiger partial charge < -0.3 is 21.4 Å². The fourth-order valence-electron chi connectivity index (χ4n) is 6.15. The van der Waals surface area contributed by atoms with Crippen molar-refractivity contribution >= 4 is 33.0 Å². The lowest BCUT2D eigenvalue weighted by atomic mass is 9.86. The van der Waals surface area contributed by atoms with E-state index in [9.17, 15) is 8.42 Å². The Bertz CT molecular complexity index is 1130. The molecule has 3 fully saturated rings. The summed E-state index contributed by atoms with van der Waals surface area (Å²) >= 11 is 0. The molecule has 2 aromatic rings. The summed E-state index contributed by atoms with van der Waals surface area (Å²) in [5, 5.41) is 3.56. The number of hydrogen-bond donors (Lipinski definition) is 3. The zero-order valence-corrected chi connectivity index (χ0v) is 21.6. The molecule has 0 spiro atoms. The van der Waals surface area contributed by atoms with Crippen molar-refractivity contribution in [1.29, 1.82) is 0 Å². The summed E-state index contributed by atoms with van der Waals surface area (Å²) in [5.74, 6) is 2.63. The van der Waals surface area contributed by atoms with Crippen LogP contribution in [0.15, 0.2) is 0 Å². The van der Waals surface area contributed by atoms with Gasteiger partial charge in [-0.15, -0.1) is 0 Å². The molecule has 10 nitrogen and oxygen atoms in total. The largest absolute Gasteiger partial charge is 0.368 e. The molecule has 0 amide bonds. The SMILES string of the molecule is CCCS(=O)(=O)N1CCC(Nc2nc(N)nc3c2nc(C2CCC(N)CC2)n3C2CCCC2)CC1. The normalized spacial score (nSPS) is 25.4. The molecule has 2 saturated carbocycles. The summed E-state index contributed by atoms with van der Waals surface area (Å²) < 4.78 is 28.9. The highest BCUT2D eigenvalue weighted by Crippen LogP contribution is 2.40. The van der Waals surface area contributed by atoms with Crippen LogP contribution >= 0.6 is 0 Å². The molecule has 11 heteroatoms. The molecule has 0 bridgehead atoms. The van der Waals surface area contributed by atoms with Gasteiger partial charge in [-0.3, -0.25) is 0 Å². The van der Waals surface area contributed by atoms with Crippen LogP contribution in [0.3, 0.4) is 0 Å². The number of rotatable bonds is 7. The number of anilines is 2. The molecule has 2 aliphatic carbocycles. The van der Waals surface area contributed by atoms with Crippen LogP contribution in [0.1, 0.15) is 95.3 Å². The Morgan fingerprint density at radius 3 is 2.31 bits per heavy atom. The van der Waals surface area contributed by atoms with E-state index >= 15 is 0 Å². The van der Waals surface area contributed by atoms with Crippen molar-refractivity contribution in [1.82, 2.24) is 23.8 Å². The summed E-state index contributed by atoms with van der Waals surface area (Å²) in [6.07, 6.45) is 11.0. The lowest BCUT2D eigenvalue weighted by Gasteiger charge is -2.31. The molecular formula is C24H40N8O2S. The molecule has 194 valence electrons. The fourth-order valence-corrected chi connectivity index (χ4v) is 7.70. The van der Waals surface area contributed by atoms with E-state index in [0.717, 1.165) is 68.4 Å². The second kappa shape index (κ2) is 10.2. The number of nitrogens with one attached hydrogen (secondary N) is 1. The molecule has 0 aromatic carbocycles. The standard InChI is InChI=1S/C24H40N8O2S/c1-2-15-35(33,34)31-13-11-18(12-14-31)27-21-20-23(30-24(26)29-21)32(19-5-3-4-6-19)22(28-20)16-7-9-17(25)10-8-16/h16-19H,2-15,25H2,1H3,(H3,26,27,29,30). The van der Waals surface area contributed by atoms with Crippen molar-refractivity contribution in [2.75, 3.05) is 29.9 Å². The first kappa shape index (κ1) is 24.7. The summed E-state index contributed by atoms with van der Waals surface area (Å²) in [4.78, 5) is 14.4. The van der Waals surface area contributed by atoms with E-state index in [1.54, 1.807) is 4.31 Å². The molecule has 3 heterocycles. The van der Waals surface area contributed by atoms with E-state index in [1.807, 2.05) is 6.92 Å². The number of piperidine rings is 1. The molecule has 1 saturated heterocycles. The molecule has 35 heavy (non-hydrogen) atoms. The topological polar surface area (TPSA) is 145 Å². The van der Waals surface area contributed by atoms with Crippen LogP contribution in [0.4, 0.5) is 11.8 Å². The molecule has 0 atom stereocenters. The number of hydrogen-bond acceptors (Lipinski definition) is 8. The van der Waals surface area contributed by atoms with Gasteiger partial charge in [-0.2, -0.15) is 9.97 Å². The highest BCUT2D eigenvalue weighted by molar-refractivity contribution is 7.89. The van der Waals surface area contributed by atoms with Crippen molar-refractivity contribution in [3.05, 3.63) is 5.82 Å². The number of imidazole rings is 1. The zero-order chi connectivity index (χ0) is 24.6. The lowest BCUT2D eigenvalue weighted by molar-refractivity contribution is 0.329. The minimum Gasteiger partial charge on any atom is -0.368 e. The summed E-state index contributed by atoms with van der Waals surface area (Å²) in [6.45, 7) is 2.94. The van der Waals surface area contributed by atoms with Crippen molar-refractivity contribution in [3.63, 3.8) is 0 Å². The Morgan fingerprint density at radius 2 is 1.66 bits per heavy atom. The predicted octanol–water partition coefficient (Wildman–Crippen LogP) is 3.12. The molecule has 0 radical (unpaired) electrons. The highest BCUT2D eigenvalue weighted by atomic mass is 32.2. The minimum atomic E-state index is -3.16. The van der Waals surface area contributed by atoms with E-state index in [-0.39, 0.29) is 23.8 Å². The molecule has 5 rings (SSSR count). The van der Waals surface area contributed by atoms with Crippen molar-refractivity contribution in [2.45, 2.75) is 102 Å². The van der Waals surface area contributed by atoms with Crippen LogP contribution in [0.5, 0.6) is 0 Å². The number of nitrogen functional groups attached to an aromatic ring is 1. The van der Waals surface area contributed by atoms with Gasteiger partial charge in [0.1, 0.15) is 5.82 Å². The van der Waals surface area contributed by atoms with E-state index in [4.69, 9.17) is 16.5 Å². The maximum Gasteiger partial charge on any atom is 0.224 e. The van der Waals surface area contributed by atoms with Crippen LogP contribution in [0.25, 0.3) is 11.2 Å². The van der Waals surface area contributed by atoms with Gasteiger partial charge in [-0.1, -0.05) is 19.8 Å². The molecule has 1 aliphatic heterocycles. The van der Waals surface area contributed by atoms with Gasteiger partial charge in [0.15, 0.2) is 17.0 Å². The van der Waals surface area contributed by atoms with Crippen LogP contribution in [-0.4, -0.2) is 63.2 Å². The van der Waals surface area contributed by atoms with Crippen molar-refractivity contribution < 1.29 is 8.42 Å². The number of nitrogens with zero attached hydrogens (tertiary/aromatic N) is 5. The molecule has 2 aromatic heterocycles. The van der Waals surface area contributed by atoms with Crippen LogP contribution in [-0.2, 0) is 10.0 Å². The van der Waals surface area contributed by atoms with Crippen LogP contribution < -0.4 is 16.8 Å². The minimum absolute atomic E-state index is 0.119. The average Bonchev–Trinajstić information content (AvgIpc) is 3.48. The third-order valence-electron chi connectivity index (χ3n) is 8.06. The van der Waals surface area contributed by atoms with Gasteiger partial charge in [0.05, 0.1) is 5.75 Å². The summed E-state index contributed by atoms with van der Waals surface area (Å²) in [7, 11) is -3.16. The Labute approximate surface area is 208 Å². The molecule has 3 aliphatic rings. The monoisotopic (exact) mass is 504 g/mol. The Balaban J connectivity index is 1.43. The van der Waals surface area contributed by atoms with E-state index in [0.29, 0.717) is 37.3 Å². The van der Waals surface area contributed by atoms with Crippen molar-refractivity contribution in [2.24, 2.45) is 5.73 Å². The predicted molar refractivity (Wildman–Crippen MR) is 139 cm³/mol.